The van der Waals surface area contributed by atoms with Gasteiger partial charge in [0.2, 0.25) is 0 Å². The van der Waals surface area contributed by atoms with Crippen molar-refractivity contribution in [2.24, 2.45) is 33.8 Å². The quantitative estimate of drug-likeness (QED) is 0.191. The average Bonchev–Trinajstić information content (AvgIpc) is 3.20. The van der Waals surface area contributed by atoms with E-state index < -0.39 is 48.7 Å². The Morgan fingerprint density at radius 3 is 1.54 bits per heavy atom. The van der Waals surface area contributed by atoms with Crippen molar-refractivity contribution in [1.29, 1.82) is 0 Å². The summed E-state index contributed by atoms with van der Waals surface area (Å²) in [5, 5.41) is -1.15. The molecule has 12 heteroatoms. The summed E-state index contributed by atoms with van der Waals surface area (Å²) in [5.74, 6) is 0. The predicted octanol–water partition coefficient (Wildman–Crippen LogP) is -1.34. The SMILES string of the molecule is NC(N)(CP(=O)(O)O)C(N)(N)C1(C2(C3(P(=O)(O)O)CC3)CC2)CC1. The molecule has 0 bridgehead atoms. The molecule has 0 aliphatic heterocycles. The van der Waals surface area contributed by atoms with E-state index in [2.05, 4.69) is 0 Å². The maximum absolute atomic E-state index is 12.1. The lowest BCUT2D eigenvalue weighted by atomic mass is 9.68. The molecule has 3 aliphatic rings. The molecule has 12 N–H and O–H groups in total. The molecule has 0 heterocycles. The van der Waals surface area contributed by atoms with Crippen LogP contribution in [0.2, 0.25) is 0 Å². The Morgan fingerprint density at radius 1 is 0.833 bits per heavy atom. The van der Waals surface area contributed by atoms with E-state index in [1.54, 1.807) is 0 Å². The summed E-state index contributed by atoms with van der Waals surface area (Å²) in [6.45, 7) is 0. The van der Waals surface area contributed by atoms with Gasteiger partial charge in [0, 0.05) is 5.41 Å². The van der Waals surface area contributed by atoms with Crippen molar-refractivity contribution in [2.75, 3.05) is 6.16 Å². The lowest BCUT2D eigenvalue weighted by molar-refractivity contribution is 0.0621. The molecule has 0 spiro atoms. The normalized spacial score (nSPS) is 27.7. The third kappa shape index (κ3) is 2.26. The molecule has 3 aliphatic carbocycles. The van der Waals surface area contributed by atoms with Crippen LogP contribution in [-0.2, 0) is 9.13 Å². The van der Waals surface area contributed by atoms with Gasteiger partial charge in [-0.2, -0.15) is 0 Å². The summed E-state index contributed by atoms with van der Waals surface area (Å²) < 4.78 is 23.5. The minimum absolute atomic E-state index is 0.385. The highest BCUT2D eigenvalue weighted by Crippen LogP contribution is 2.88. The van der Waals surface area contributed by atoms with Gasteiger partial charge < -0.3 is 42.5 Å². The smallest absolute Gasteiger partial charge is 0.324 e. The summed E-state index contributed by atoms with van der Waals surface area (Å²) in [7, 11) is -8.96. The maximum atomic E-state index is 12.1. The number of rotatable bonds is 7. The largest absolute Gasteiger partial charge is 0.332 e. The lowest BCUT2D eigenvalue weighted by Gasteiger charge is -2.51. The zero-order chi connectivity index (χ0) is 18.4. The Kier molecular flexibility index (Phi) is 3.70. The van der Waals surface area contributed by atoms with Crippen molar-refractivity contribution in [1.82, 2.24) is 0 Å². The molecular weight excluding hydrogens is 358 g/mol. The van der Waals surface area contributed by atoms with E-state index in [0.29, 0.717) is 38.5 Å². The van der Waals surface area contributed by atoms with Crippen LogP contribution < -0.4 is 22.9 Å². The van der Waals surface area contributed by atoms with Crippen molar-refractivity contribution in [3.8, 4) is 0 Å². The van der Waals surface area contributed by atoms with Gasteiger partial charge in [-0.05, 0) is 43.9 Å². The van der Waals surface area contributed by atoms with Gasteiger partial charge in [-0.15, -0.1) is 0 Å². The summed E-state index contributed by atoms with van der Waals surface area (Å²) in [6, 6.07) is 0. The van der Waals surface area contributed by atoms with Crippen LogP contribution in [0.5, 0.6) is 0 Å². The summed E-state index contributed by atoms with van der Waals surface area (Å²) in [4.78, 5) is 38.2. The Hall–Kier alpha value is 0.140. The van der Waals surface area contributed by atoms with Crippen molar-refractivity contribution in [2.45, 2.75) is 55.0 Å². The van der Waals surface area contributed by atoms with Gasteiger partial charge in [0.15, 0.2) is 0 Å². The second kappa shape index (κ2) is 4.70. The lowest BCUT2D eigenvalue weighted by Crippen LogP contribution is -2.82. The van der Waals surface area contributed by atoms with Crippen LogP contribution in [0.15, 0.2) is 0 Å². The van der Waals surface area contributed by atoms with Gasteiger partial charge in [-0.25, -0.2) is 0 Å². The molecule has 0 radical (unpaired) electrons. The molecule has 3 rings (SSSR count). The van der Waals surface area contributed by atoms with Gasteiger partial charge in [0.1, 0.15) is 11.3 Å². The number of nitrogens with two attached hydrogens (primary N) is 4. The first-order chi connectivity index (χ1) is 10.6. The Bertz CT molecular complexity index is 656. The molecule has 140 valence electrons. The minimum Gasteiger partial charge on any atom is -0.324 e. The second-order valence-corrected chi connectivity index (χ2v) is 11.6. The van der Waals surface area contributed by atoms with E-state index in [9.17, 15) is 28.7 Å². The topological polar surface area (TPSA) is 219 Å². The van der Waals surface area contributed by atoms with Crippen molar-refractivity contribution >= 4 is 15.2 Å². The van der Waals surface area contributed by atoms with Crippen LogP contribution in [0.3, 0.4) is 0 Å². The van der Waals surface area contributed by atoms with Crippen LogP contribution in [0.1, 0.15) is 38.5 Å². The van der Waals surface area contributed by atoms with Crippen LogP contribution in [0.25, 0.3) is 0 Å². The summed E-state index contributed by atoms with van der Waals surface area (Å²) >= 11 is 0. The fourth-order valence-electron chi connectivity index (χ4n) is 5.01. The van der Waals surface area contributed by atoms with E-state index in [4.69, 9.17) is 22.9 Å². The molecule has 3 fully saturated rings. The first-order valence-corrected chi connectivity index (χ1v) is 11.2. The van der Waals surface area contributed by atoms with E-state index in [-0.39, 0.29) is 0 Å². The van der Waals surface area contributed by atoms with E-state index in [1.807, 2.05) is 0 Å². The standard InChI is InChI=1S/C12H26N4O6P2/c13-11(14,7-23(17,18)19)12(15,16)9(3-4-9)8(1-2-8)10(5-6-10)24(20,21)22/h1-7,13-16H2,(H2,17,18,19)(H2,20,21,22). The van der Waals surface area contributed by atoms with Gasteiger partial charge in [0.25, 0.3) is 0 Å². The average molecular weight is 384 g/mol. The zero-order valence-corrected chi connectivity index (χ0v) is 15.0. The van der Waals surface area contributed by atoms with Crippen molar-refractivity contribution in [3.05, 3.63) is 0 Å². The molecule has 0 aromatic rings. The van der Waals surface area contributed by atoms with E-state index in [1.165, 1.54) is 0 Å². The Morgan fingerprint density at radius 2 is 1.29 bits per heavy atom. The molecule has 10 nitrogen and oxygen atoms in total. The molecular formula is C12H26N4O6P2. The minimum atomic E-state index is -4.58. The van der Waals surface area contributed by atoms with Crippen molar-refractivity contribution < 1.29 is 28.7 Å². The number of hydrogen-bond donors (Lipinski definition) is 8. The molecule has 0 aromatic carbocycles. The van der Waals surface area contributed by atoms with Crippen LogP contribution >= 0.6 is 15.2 Å². The Labute approximate surface area is 139 Å². The summed E-state index contributed by atoms with van der Waals surface area (Å²) in [6.07, 6.45) is 1.96. The first kappa shape index (κ1) is 18.9. The van der Waals surface area contributed by atoms with Crippen LogP contribution in [-0.4, -0.2) is 42.2 Å². The van der Waals surface area contributed by atoms with Gasteiger partial charge >= 0.3 is 15.2 Å². The van der Waals surface area contributed by atoms with E-state index >= 15 is 0 Å². The zero-order valence-electron chi connectivity index (χ0n) is 13.3. The first-order valence-electron chi connectivity index (χ1n) is 7.83. The Balaban J connectivity index is 2.00. The highest BCUT2D eigenvalue weighted by atomic mass is 31.2. The molecule has 0 atom stereocenters. The highest BCUT2D eigenvalue weighted by molar-refractivity contribution is 7.54. The second-order valence-electron chi connectivity index (χ2n) is 7.97. The maximum Gasteiger partial charge on any atom is 0.332 e. The molecule has 24 heavy (non-hydrogen) atoms. The van der Waals surface area contributed by atoms with Crippen molar-refractivity contribution in [3.63, 3.8) is 0 Å². The molecule has 0 unspecified atom stereocenters. The molecule has 0 saturated heterocycles. The molecule has 0 amide bonds. The number of hydrogen-bond acceptors (Lipinski definition) is 6. The third-order valence-electron chi connectivity index (χ3n) is 6.62. The molecule has 0 aromatic heterocycles. The van der Waals surface area contributed by atoms with Gasteiger partial charge in [-0.3, -0.25) is 9.13 Å². The fraction of sp³-hybridized carbons (Fsp3) is 1.00. The predicted molar refractivity (Wildman–Crippen MR) is 86.5 cm³/mol. The molecule has 3 saturated carbocycles. The van der Waals surface area contributed by atoms with Gasteiger partial charge in [0.05, 0.1) is 11.3 Å². The fourth-order valence-corrected chi connectivity index (χ4v) is 7.64. The van der Waals surface area contributed by atoms with Crippen LogP contribution in [0.4, 0.5) is 0 Å². The van der Waals surface area contributed by atoms with Crippen LogP contribution in [0, 0.1) is 10.8 Å². The van der Waals surface area contributed by atoms with E-state index in [0.717, 1.165) is 0 Å². The third-order valence-corrected chi connectivity index (χ3v) is 9.54. The van der Waals surface area contributed by atoms with Gasteiger partial charge in [-0.1, -0.05) is 0 Å². The monoisotopic (exact) mass is 384 g/mol. The summed E-state index contributed by atoms with van der Waals surface area (Å²) in [5.41, 5.74) is 18.8. The highest BCUT2D eigenvalue weighted by Gasteiger charge is 2.86.